The van der Waals surface area contributed by atoms with Crippen LogP contribution < -0.4 is 21.7 Å². The second kappa shape index (κ2) is 10.1. The molecule has 3 saturated heterocycles. The van der Waals surface area contributed by atoms with E-state index in [2.05, 4.69) is 16.0 Å². The highest BCUT2D eigenvalue weighted by Gasteiger charge is 2.60. The molecular formula is C23H36N6O5S. The minimum Gasteiger partial charge on any atom is -0.477 e. The van der Waals surface area contributed by atoms with Crippen LogP contribution in [0.1, 0.15) is 33.6 Å². The van der Waals surface area contributed by atoms with E-state index in [0.29, 0.717) is 24.4 Å². The summed E-state index contributed by atoms with van der Waals surface area (Å²) in [6.07, 6.45) is 1.38. The molecule has 0 spiro atoms. The summed E-state index contributed by atoms with van der Waals surface area (Å²) in [4.78, 5) is 54.1. The number of amides is 3. The molecule has 4 rings (SSSR count). The third-order valence-electron chi connectivity index (χ3n) is 7.63. The number of carboxylic acid groups (broad SMARTS) is 1. The van der Waals surface area contributed by atoms with Crippen LogP contribution in [-0.4, -0.2) is 101 Å². The van der Waals surface area contributed by atoms with Crippen LogP contribution in [0.2, 0.25) is 0 Å². The molecule has 194 valence electrons. The summed E-state index contributed by atoms with van der Waals surface area (Å²) >= 11 is 1.46. The lowest BCUT2D eigenvalue weighted by Gasteiger charge is -2.47. The number of hydrogen-bond donors (Lipinski definition) is 5. The van der Waals surface area contributed by atoms with Crippen LogP contribution in [0.5, 0.6) is 0 Å². The molecule has 4 aliphatic rings. The molecule has 8 atom stereocenters. The lowest BCUT2D eigenvalue weighted by atomic mass is 9.78. The summed E-state index contributed by atoms with van der Waals surface area (Å²) in [6, 6.07) is -0.914. The van der Waals surface area contributed by atoms with E-state index < -0.39 is 17.9 Å². The van der Waals surface area contributed by atoms with Crippen molar-refractivity contribution in [3.05, 3.63) is 10.6 Å². The van der Waals surface area contributed by atoms with Gasteiger partial charge in [0.1, 0.15) is 5.70 Å². The Morgan fingerprint density at radius 2 is 2.00 bits per heavy atom. The fourth-order valence-electron chi connectivity index (χ4n) is 5.99. The van der Waals surface area contributed by atoms with Crippen molar-refractivity contribution in [2.24, 2.45) is 17.6 Å². The molecular weight excluding hydrogens is 472 g/mol. The molecule has 0 aromatic heterocycles. The van der Waals surface area contributed by atoms with E-state index in [0.717, 1.165) is 6.42 Å². The molecule has 0 radical (unpaired) electrons. The van der Waals surface area contributed by atoms with Gasteiger partial charge in [-0.05, 0) is 33.7 Å². The van der Waals surface area contributed by atoms with E-state index in [1.807, 2.05) is 18.7 Å². The molecule has 0 unspecified atom stereocenters. The zero-order chi connectivity index (χ0) is 25.6. The molecule has 0 saturated carbocycles. The third-order valence-corrected chi connectivity index (χ3v) is 9.14. The maximum absolute atomic E-state index is 13.0. The average Bonchev–Trinajstić information content (AvgIpc) is 3.44. The fourth-order valence-corrected chi connectivity index (χ4v) is 7.47. The monoisotopic (exact) mass is 508 g/mol. The summed E-state index contributed by atoms with van der Waals surface area (Å²) in [5.74, 6) is -2.22. The number of nitrogens with zero attached hydrogens (tertiary/aromatic N) is 2. The Balaban J connectivity index is 1.44. The number of likely N-dealkylation sites (tertiary alicyclic amines) is 1. The molecule has 0 aromatic carbocycles. The number of fused-ring (bicyclic) bond motifs is 1. The number of rotatable bonds is 8. The number of thioether (sulfide) groups is 1. The molecule has 0 aromatic rings. The predicted molar refractivity (Wildman–Crippen MR) is 131 cm³/mol. The van der Waals surface area contributed by atoms with Gasteiger partial charge in [0.05, 0.1) is 24.5 Å². The number of nitrogens with two attached hydrogens (primary N) is 1. The van der Waals surface area contributed by atoms with Gasteiger partial charge in [-0.1, -0.05) is 6.92 Å². The van der Waals surface area contributed by atoms with E-state index in [-0.39, 0.29) is 65.3 Å². The number of hydrogen-bond acceptors (Lipinski definition) is 8. The first-order chi connectivity index (χ1) is 16.5. The van der Waals surface area contributed by atoms with Gasteiger partial charge in [-0.25, -0.2) is 4.79 Å². The number of β-lactam (4-membered cyclic amide) rings is 1. The molecule has 0 aliphatic carbocycles. The van der Waals surface area contributed by atoms with Gasteiger partial charge in [0.25, 0.3) is 0 Å². The first-order valence-electron chi connectivity index (χ1n) is 12.3. The van der Waals surface area contributed by atoms with Crippen molar-refractivity contribution in [3.8, 4) is 0 Å². The normalized spacial score (nSPS) is 35.2. The fraction of sp³-hybridized carbons (Fsp3) is 0.739. The Morgan fingerprint density at radius 3 is 2.60 bits per heavy atom. The van der Waals surface area contributed by atoms with E-state index in [1.54, 1.807) is 14.0 Å². The highest BCUT2D eigenvalue weighted by atomic mass is 32.2. The Labute approximate surface area is 209 Å². The highest BCUT2D eigenvalue weighted by Crippen LogP contribution is 2.51. The van der Waals surface area contributed by atoms with Crippen molar-refractivity contribution in [2.75, 3.05) is 26.7 Å². The number of aliphatic carboxylic acids is 1. The molecule has 12 heteroatoms. The number of carbonyl (C=O) groups excluding carboxylic acids is 3. The first kappa shape index (κ1) is 25.9. The van der Waals surface area contributed by atoms with Gasteiger partial charge in [0.15, 0.2) is 0 Å². The Bertz CT molecular complexity index is 943. The quantitative estimate of drug-likeness (QED) is 0.257. The predicted octanol–water partition coefficient (Wildman–Crippen LogP) is -1.10. The van der Waals surface area contributed by atoms with E-state index >= 15 is 0 Å². The van der Waals surface area contributed by atoms with Crippen LogP contribution in [0.15, 0.2) is 10.6 Å². The lowest BCUT2D eigenvalue weighted by Crippen LogP contribution is -2.66. The molecule has 6 N–H and O–H groups in total. The smallest absolute Gasteiger partial charge is 0.353 e. The van der Waals surface area contributed by atoms with Crippen LogP contribution in [0, 0.1) is 11.8 Å². The Kier molecular flexibility index (Phi) is 7.46. The SMILES string of the molecule is CNCC(=O)N[C@H](C)[C@H]1C(=O)N2C(C(=O)O)=C(S[C@@H]3CN[C@H](C(=O)N4C[C@H](N)C[C@H]4C)C3)[C@H](C)[C@H]12. The number of carbonyl (C=O) groups is 4. The van der Waals surface area contributed by atoms with Gasteiger partial charge in [-0.3, -0.25) is 14.4 Å². The first-order valence-corrected chi connectivity index (χ1v) is 13.1. The van der Waals surface area contributed by atoms with Crippen LogP contribution >= 0.6 is 11.8 Å². The van der Waals surface area contributed by atoms with Gasteiger partial charge in [0.2, 0.25) is 17.7 Å². The van der Waals surface area contributed by atoms with Gasteiger partial charge in [-0.15, -0.1) is 11.8 Å². The van der Waals surface area contributed by atoms with Crippen molar-refractivity contribution < 1.29 is 24.3 Å². The van der Waals surface area contributed by atoms with Crippen LogP contribution in [0.3, 0.4) is 0 Å². The second-order valence-corrected chi connectivity index (χ2v) is 11.5. The zero-order valence-electron chi connectivity index (χ0n) is 20.6. The molecule has 35 heavy (non-hydrogen) atoms. The van der Waals surface area contributed by atoms with Crippen molar-refractivity contribution in [3.63, 3.8) is 0 Å². The lowest BCUT2D eigenvalue weighted by molar-refractivity contribution is -0.158. The van der Waals surface area contributed by atoms with E-state index in [4.69, 9.17) is 5.73 Å². The molecule has 3 amide bonds. The van der Waals surface area contributed by atoms with Gasteiger partial charge < -0.3 is 36.6 Å². The summed E-state index contributed by atoms with van der Waals surface area (Å²) in [6.45, 7) is 7.02. The van der Waals surface area contributed by atoms with Crippen molar-refractivity contribution in [1.82, 2.24) is 25.8 Å². The Morgan fingerprint density at radius 1 is 1.29 bits per heavy atom. The number of nitrogens with one attached hydrogen (secondary N) is 3. The maximum atomic E-state index is 13.0. The highest BCUT2D eigenvalue weighted by molar-refractivity contribution is 8.03. The van der Waals surface area contributed by atoms with Gasteiger partial charge >= 0.3 is 5.97 Å². The number of carboxylic acids is 1. The van der Waals surface area contributed by atoms with Crippen molar-refractivity contribution >= 4 is 35.5 Å². The summed E-state index contributed by atoms with van der Waals surface area (Å²) in [7, 11) is 1.67. The van der Waals surface area contributed by atoms with Gasteiger partial charge in [-0.2, -0.15) is 0 Å². The van der Waals surface area contributed by atoms with E-state index in [9.17, 15) is 24.3 Å². The summed E-state index contributed by atoms with van der Waals surface area (Å²) < 4.78 is 0. The minimum atomic E-state index is -1.13. The standard InChI is InChI=1S/C23H36N6O5S/c1-10-5-13(24)9-28(10)21(31)15-6-14(7-26-15)35-20-11(2)18-17(12(3)27-16(30)8-25-4)22(32)29(18)19(20)23(33)34/h10-15,17-18,25-26H,5-9,24H2,1-4H3,(H,27,30)(H,33,34)/t10-,11-,12-,13-,14+,15+,17-,18-/m1/s1. The van der Waals surface area contributed by atoms with Crippen molar-refractivity contribution in [2.45, 2.75) is 69.1 Å². The molecule has 3 fully saturated rings. The van der Waals surface area contributed by atoms with Crippen molar-refractivity contribution in [1.29, 1.82) is 0 Å². The number of likely N-dealkylation sites (N-methyl/N-ethyl adjacent to an activating group) is 1. The summed E-state index contributed by atoms with van der Waals surface area (Å²) in [5, 5.41) is 18.9. The zero-order valence-corrected chi connectivity index (χ0v) is 21.4. The molecule has 0 bridgehead atoms. The third kappa shape index (κ3) is 4.68. The van der Waals surface area contributed by atoms with Gasteiger partial charge in [0, 0.05) is 47.3 Å². The van der Waals surface area contributed by atoms with Crippen LogP contribution in [-0.2, 0) is 19.2 Å². The molecule has 4 aliphatic heterocycles. The topological polar surface area (TPSA) is 157 Å². The minimum absolute atomic E-state index is 0.00330. The largest absolute Gasteiger partial charge is 0.477 e. The van der Waals surface area contributed by atoms with E-state index in [1.165, 1.54) is 16.7 Å². The Hall–Kier alpha value is -2.15. The molecule has 4 heterocycles. The average molecular weight is 509 g/mol. The summed E-state index contributed by atoms with van der Waals surface area (Å²) in [5.41, 5.74) is 6.06. The second-order valence-electron chi connectivity index (χ2n) is 10.2. The van der Waals surface area contributed by atoms with Crippen LogP contribution in [0.25, 0.3) is 0 Å². The maximum Gasteiger partial charge on any atom is 0.353 e. The molecule has 11 nitrogen and oxygen atoms in total. The van der Waals surface area contributed by atoms with Crippen LogP contribution in [0.4, 0.5) is 0 Å².